The topological polar surface area (TPSA) is 64.3 Å². The fraction of sp³-hybridized carbons (Fsp3) is 0.188. The van der Waals surface area contributed by atoms with E-state index >= 15 is 0 Å². The number of amides is 1. The van der Waals surface area contributed by atoms with Gasteiger partial charge in [0.25, 0.3) is 5.91 Å². The van der Waals surface area contributed by atoms with Gasteiger partial charge in [-0.25, -0.2) is 0 Å². The van der Waals surface area contributed by atoms with Gasteiger partial charge in [-0.3, -0.25) is 4.79 Å². The first-order valence-corrected chi connectivity index (χ1v) is 7.35. The minimum absolute atomic E-state index is 0.112. The first-order valence-electron chi connectivity index (χ1n) is 6.56. The Morgan fingerprint density at radius 3 is 2.81 bits per heavy atom. The van der Waals surface area contributed by atoms with Gasteiger partial charge in [-0.1, -0.05) is 12.1 Å². The second kappa shape index (κ2) is 7.13. The Kier molecular flexibility index (Phi) is 5.22. The molecule has 0 fully saturated rings. The van der Waals surface area contributed by atoms with Crippen LogP contribution in [-0.4, -0.2) is 19.6 Å². The molecule has 0 radical (unpaired) electrons. The second-order valence-electron chi connectivity index (χ2n) is 4.59. The van der Waals surface area contributed by atoms with Gasteiger partial charge in [0.05, 0.1) is 7.11 Å². The highest BCUT2D eigenvalue weighted by Gasteiger charge is 2.07. The highest BCUT2D eigenvalue weighted by Crippen LogP contribution is 2.20. The lowest BCUT2D eigenvalue weighted by Crippen LogP contribution is -2.25. The molecule has 2 aromatic rings. The molecule has 0 saturated carbocycles. The minimum Gasteiger partial charge on any atom is -0.497 e. The van der Waals surface area contributed by atoms with Crippen LogP contribution in [0.1, 0.15) is 15.9 Å². The third kappa shape index (κ3) is 4.23. The molecular formula is C16H17BrN2O2. The molecule has 4 nitrogen and oxygen atoms in total. The Bertz CT molecular complexity index is 644. The number of nitrogens with one attached hydrogen (secondary N) is 1. The second-order valence-corrected chi connectivity index (χ2v) is 5.45. The van der Waals surface area contributed by atoms with Crippen LogP contribution >= 0.6 is 15.9 Å². The van der Waals surface area contributed by atoms with Crippen LogP contribution in [0.4, 0.5) is 5.69 Å². The first kappa shape index (κ1) is 15.4. The molecule has 0 unspecified atom stereocenters. The molecule has 3 N–H and O–H groups in total. The maximum atomic E-state index is 12.0. The number of carbonyl (C=O) groups excluding carboxylic acids is 1. The summed E-state index contributed by atoms with van der Waals surface area (Å²) in [5, 5.41) is 2.89. The summed E-state index contributed by atoms with van der Waals surface area (Å²) in [6.07, 6.45) is 0.749. The van der Waals surface area contributed by atoms with Crippen LogP contribution < -0.4 is 15.8 Å². The normalized spacial score (nSPS) is 10.2. The number of methoxy groups -OCH3 is 1. The number of halogens is 1. The third-order valence-corrected chi connectivity index (χ3v) is 3.78. The van der Waals surface area contributed by atoms with Gasteiger partial charge in [0.15, 0.2) is 0 Å². The summed E-state index contributed by atoms with van der Waals surface area (Å²) >= 11 is 3.32. The Hall–Kier alpha value is -2.01. The van der Waals surface area contributed by atoms with E-state index in [1.54, 1.807) is 25.3 Å². The van der Waals surface area contributed by atoms with Crippen molar-refractivity contribution in [2.24, 2.45) is 0 Å². The van der Waals surface area contributed by atoms with Crippen molar-refractivity contribution in [3.63, 3.8) is 0 Å². The molecule has 110 valence electrons. The largest absolute Gasteiger partial charge is 0.497 e. The average Bonchev–Trinajstić information content (AvgIpc) is 2.50. The Balaban J connectivity index is 1.90. The van der Waals surface area contributed by atoms with Crippen molar-refractivity contribution >= 4 is 27.5 Å². The van der Waals surface area contributed by atoms with E-state index in [0.29, 0.717) is 17.8 Å². The molecule has 0 aliphatic carbocycles. The molecular weight excluding hydrogens is 332 g/mol. The van der Waals surface area contributed by atoms with Crippen LogP contribution in [0.5, 0.6) is 5.75 Å². The molecule has 0 heterocycles. The molecule has 0 spiro atoms. The van der Waals surface area contributed by atoms with Crippen LogP contribution in [0, 0.1) is 0 Å². The van der Waals surface area contributed by atoms with Crippen LogP contribution in [0.2, 0.25) is 0 Å². The molecule has 0 aliphatic rings. The van der Waals surface area contributed by atoms with E-state index < -0.39 is 0 Å². The summed E-state index contributed by atoms with van der Waals surface area (Å²) in [5.41, 5.74) is 8.02. The number of benzene rings is 2. The summed E-state index contributed by atoms with van der Waals surface area (Å²) in [6.45, 7) is 0.563. The third-order valence-electron chi connectivity index (χ3n) is 3.10. The van der Waals surface area contributed by atoms with Gasteiger partial charge in [-0.05, 0) is 58.2 Å². The number of ether oxygens (including phenoxy) is 1. The molecule has 21 heavy (non-hydrogen) atoms. The van der Waals surface area contributed by atoms with Crippen LogP contribution in [0.25, 0.3) is 0 Å². The van der Waals surface area contributed by atoms with E-state index in [1.807, 2.05) is 24.3 Å². The standard InChI is InChI=1S/C16H17BrN2O2/c1-21-13-4-2-3-11(9-13)7-8-19-16(20)12-5-6-15(18)14(17)10-12/h2-6,9-10H,7-8,18H2,1H3,(H,19,20). The quantitative estimate of drug-likeness (QED) is 0.816. The van der Waals surface area contributed by atoms with E-state index in [0.717, 1.165) is 22.2 Å². The highest BCUT2D eigenvalue weighted by molar-refractivity contribution is 9.10. The fourth-order valence-corrected chi connectivity index (χ4v) is 2.30. The lowest BCUT2D eigenvalue weighted by atomic mass is 10.1. The molecule has 0 aromatic heterocycles. The number of nitrogens with two attached hydrogens (primary N) is 1. The summed E-state index contributed by atoms with van der Waals surface area (Å²) < 4.78 is 5.90. The smallest absolute Gasteiger partial charge is 0.251 e. The van der Waals surface area contributed by atoms with Gasteiger partial charge in [-0.2, -0.15) is 0 Å². The van der Waals surface area contributed by atoms with Gasteiger partial charge in [-0.15, -0.1) is 0 Å². The van der Waals surface area contributed by atoms with Crippen molar-refractivity contribution in [2.75, 3.05) is 19.4 Å². The van der Waals surface area contributed by atoms with E-state index in [9.17, 15) is 4.79 Å². The highest BCUT2D eigenvalue weighted by atomic mass is 79.9. The monoisotopic (exact) mass is 348 g/mol. The fourth-order valence-electron chi connectivity index (χ4n) is 1.92. The van der Waals surface area contributed by atoms with Gasteiger partial charge in [0, 0.05) is 22.3 Å². The van der Waals surface area contributed by atoms with Gasteiger partial charge in [0.2, 0.25) is 0 Å². The predicted molar refractivity (Wildman–Crippen MR) is 87.6 cm³/mol. The summed E-state index contributed by atoms with van der Waals surface area (Å²) in [6, 6.07) is 12.9. The number of carbonyl (C=O) groups is 1. The maximum absolute atomic E-state index is 12.0. The summed E-state index contributed by atoms with van der Waals surface area (Å²) in [4.78, 5) is 12.0. The molecule has 1 amide bonds. The van der Waals surface area contributed by atoms with Gasteiger partial charge in [0.1, 0.15) is 5.75 Å². The minimum atomic E-state index is -0.112. The zero-order valence-corrected chi connectivity index (χ0v) is 13.3. The lowest BCUT2D eigenvalue weighted by Gasteiger charge is -2.07. The van der Waals surface area contributed by atoms with Crippen molar-refractivity contribution in [1.82, 2.24) is 5.32 Å². The molecule has 0 aliphatic heterocycles. The molecule has 0 bridgehead atoms. The van der Waals surface area contributed by atoms with E-state index in [1.165, 1.54) is 0 Å². The lowest BCUT2D eigenvalue weighted by molar-refractivity contribution is 0.0954. The number of nitrogen functional groups attached to an aromatic ring is 1. The van der Waals surface area contributed by atoms with E-state index in [2.05, 4.69) is 21.2 Å². The molecule has 0 saturated heterocycles. The van der Waals surface area contributed by atoms with Gasteiger partial charge >= 0.3 is 0 Å². The van der Waals surface area contributed by atoms with Crippen molar-refractivity contribution in [2.45, 2.75) is 6.42 Å². The van der Waals surface area contributed by atoms with E-state index in [4.69, 9.17) is 10.5 Å². The summed E-state index contributed by atoms with van der Waals surface area (Å²) in [7, 11) is 1.64. The number of rotatable bonds is 5. The van der Waals surface area contributed by atoms with Crippen molar-refractivity contribution in [3.8, 4) is 5.75 Å². The number of hydrogen-bond donors (Lipinski definition) is 2. The van der Waals surface area contributed by atoms with E-state index in [-0.39, 0.29) is 5.91 Å². The Labute approximate surface area is 132 Å². The predicted octanol–water partition coefficient (Wildman–Crippen LogP) is 3.01. The molecule has 5 heteroatoms. The zero-order valence-electron chi connectivity index (χ0n) is 11.7. The van der Waals surface area contributed by atoms with Crippen LogP contribution in [-0.2, 0) is 6.42 Å². The maximum Gasteiger partial charge on any atom is 0.251 e. The van der Waals surface area contributed by atoms with Crippen molar-refractivity contribution < 1.29 is 9.53 Å². The van der Waals surface area contributed by atoms with Crippen LogP contribution in [0.3, 0.4) is 0 Å². The van der Waals surface area contributed by atoms with Crippen LogP contribution in [0.15, 0.2) is 46.9 Å². The SMILES string of the molecule is COc1cccc(CCNC(=O)c2ccc(N)c(Br)c2)c1. The molecule has 2 rings (SSSR count). The average molecular weight is 349 g/mol. The first-order chi connectivity index (χ1) is 10.1. The number of hydrogen-bond acceptors (Lipinski definition) is 3. The van der Waals surface area contributed by atoms with Crippen molar-refractivity contribution in [3.05, 3.63) is 58.1 Å². The molecule has 0 atom stereocenters. The number of anilines is 1. The Morgan fingerprint density at radius 1 is 1.29 bits per heavy atom. The molecule has 2 aromatic carbocycles. The Morgan fingerprint density at radius 2 is 2.10 bits per heavy atom. The summed E-state index contributed by atoms with van der Waals surface area (Å²) in [5.74, 6) is 0.708. The van der Waals surface area contributed by atoms with Crippen molar-refractivity contribution in [1.29, 1.82) is 0 Å². The zero-order chi connectivity index (χ0) is 15.2. The van der Waals surface area contributed by atoms with Gasteiger partial charge < -0.3 is 15.8 Å².